The molecule has 0 aliphatic heterocycles. The molecule has 2 aromatic carbocycles. The quantitative estimate of drug-likeness (QED) is 0.587. The molecule has 0 unspecified atom stereocenters. The van der Waals surface area contributed by atoms with Crippen molar-refractivity contribution >= 4 is 29.3 Å². The summed E-state index contributed by atoms with van der Waals surface area (Å²) in [6.45, 7) is 2.18. The van der Waals surface area contributed by atoms with Crippen LogP contribution in [0.4, 0.5) is 0 Å². The molecule has 2 nitrogen and oxygen atoms in total. The van der Waals surface area contributed by atoms with Gasteiger partial charge in [-0.05, 0) is 85.9 Å². The van der Waals surface area contributed by atoms with Crippen LogP contribution in [0.2, 0.25) is 5.02 Å². The van der Waals surface area contributed by atoms with Gasteiger partial charge in [0.2, 0.25) is 0 Å². The predicted molar refractivity (Wildman–Crippen MR) is 113 cm³/mol. The lowest BCUT2D eigenvalue weighted by molar-refractivity contribution is 0.0915. The van der Waals surface area contributed by atoms with Crippen LogP contribution in [-0.4, -0.2) is 11.9 Å². The van der Waals surface area contributed by atoms with Gasteiger partial charge in [-0.1, -0.05) is 30.2 Å². The molecule has 2 aliphatic carbocycles. The van der Waals surface area contributed by atoms with E-state index < -0.39 is 0 Å². The second-order valence-electron chi connectivity index (χ2n) is 8.04. The summed E-state index contributed by atoms with van der Waals surface area (Å²) in [4.78, 5) is 13.8. The smallest absolute Gasteiger partial charge is 0.251 e. The average molecular weight is 400 g/mol. The number of hydrogen-bond acceptors (Lipinski definition) is 2. The summed E-state index contributed by atoms with van der Waals surface area (Å²) in [7, 11) is 0. The van der Waals surface area contributed by atoms with Crippen LogP contribution in [-0.2, 0) is 5.75 Å². The third-order valence-corrected chi connectivity index (χ3v) is 7.56. The standard InChI is InChI=1S/C23H26ClNOS/c1-15(22-13-17-4-7-19(22)12-17)25-23(26)18-5-2-16(3-6-18)14-27-21-10-8-20(24)9-11-21/h2-3,5-6,8-11,15,17,19,22H,4,7,12-14H2,1H3,(H,25,26)/t15-,17-,19+,22-/m0/s1. The highest BCUT2D eigenvalue weighted by molar-refractivity contribution is 7.98. The highest BCUT2D eigenvalue weighted by atomic mass is 35.5. The van der Waals surface area contributed by atoms with E-state index in [0.717, 1.165) is 28.2 Å². The zero-order valence-electron chi connectivity index (χ0n) is 15.7. The third-order valence-electron chi connectivity index (χ3n) is 6.23. The lowest BCUT2D eigenvalue weighted by Gasteiger charge is -2.28. The minimum Gasteiger partial charge on any atom is -0.349 e. The van der Waals surface area contributed by atoms with E-state index in [-0.39, 0.29) is 11.9 Å². The largest absolute Gasteiger partial charge is 0.349 e. The molecule has 4 heteroatoms. The Bertz CT molecular complexity index is 789. The molecule has 0 aromatic heterocycles. The zero-order chi connectivity index (χ0) is 18.8. The first-order chi connectivity index (χ1) is 13.1. The molecule has 142 valence electrons. The van der Waals surface area contributed by atoms with Gasteiger partial charge < -0.3 is 5.32 Å². The van der Waals surface area contributed by atoms with Gasteiger partial charge >= 0.3 is 0 Å². The SMILES string of the molecule is C[C@H](NC(=O)c1ccc(CSc2ccc(Cl)cc2)cc1)[C@@H]1C[C@H]2CC[C@@H]1C2. The van der Waals surface area contributed by atoms with Crippen LogP contribution in [0, 0.1) is 17.8 Å². The van der Waals surface area contributed by atoms with Crippen molar-refractivity contribution in [3.8, 4) is 0 Å². The zero-order valence-corrected chi connectivity index (χ0v) is 17.2. The Morgan fingerprint density at radius 1 is 1.11 bits per heavy atom. The average Bonchev–Trinajstić information content (AvgIpc) is 3.31. The molecule has 0 heterocycles. The van der Waals surface area contributed by atoms with Crippen LogP contribution in [0.1, 0.15) is 48.5 Å². The highest BCUT2D eigenvalue weighted by Crippen LogP contribution is 2.49. The summed E-state index contributed by atoms with van der Waals surface area (Å²) in [5, 5.41) is 4.01. The summed E-state index contributed by atoms with van der Waals surface area (Å²) in [5.74, 6) is 3.35. The molecule has 2 fully saturated rings. The van der Waals surface area contributed by atoms with Crippen LogP contribution < -0.4 is 5.32 Å². The van der Waals surface area contributed by atoms with Gasteiger partial charge in [-0.3, -0.25) is 4.79 Å². The molecule has 0 radical (unpaired) electrons. The Hall–Kier alpha value is -1.45. The molecule has 27 heavy (non-hydrogen) atoms. The second kappa shape index (κ2) is 8.28. The van der Waals surface area contributed by atoms with E-state index in [2.05, 4.69) is 24.4 Å². The van der Waals surface area contributed by atoms with E-state index >= 15 is 0 Å². The van der Waals surface area contributed by atoms with Crippen LogP contribution in [0.5, 0.6) is 0 Å². The first-order valence-electron chi connectivity index (χ1n) is 9.86. The fourth-order valence-corrected chi connectivity index (χ4v) is 5.73. The van der Waals surface area contributed by atoms with Crippen LogP contribution in [0.3, 0.4) is 0 Å². The monoisotopic (exact) mass is 399 g/mol. The van der Waals surface area contributed by atoms with Gasteiger partial charge in [0.25, 0.3) is 5.91 Å². The Morgan fingerprint density at radius 2 is 1.85 bits per heavy atom. The maximum atomic E-state index is 12.6. The van der Waals surface area contributed by atoms with E-state index in [0.29, 0.717) is 5.92 Å². The molecule has 1 N–H and O–H groups in total. The maximum Gasteiger partial charge on any atom is 0.251 e. The van der Waals surface area contributed by atoms with E-state index in [9.17, 15) is 4.79 Å². The van der Waals surface area contributed by atoms with Crippen molar-refractivity contribution in [2.75, 3.05) is 0 Å². The summed E-state index contributed by atoms with van der Waals surface area (Å²) < 4.78 is 0. The summed E-state index contributed by atoms with van der Waals surface area (Å²) >= 11 is 7.70. The van der Waals surface area contributed by atoms with Crippen LogP contribution in [0.15, 0.2) is 53.4 Å². The molecule has 1 amide bonds. The van der Waals surface area contributed by atoms with Gasteiger partial charge in [0, 0.05) is 27.3 Å². The van der Waals surface area contributed by atoms with Crippen LogP contribution in [0.25, 0.3) is 0 Å². The first-order valence-corrected chi connectivity index (χ1v) is 11.2. The molecule has 0 saturated heterocycles. The Balaban J connectivity index is 1.30. The van der Waals surface area contributed by atoms with Crippen molar-refractivity contribution in [2.24, 2.45) is 17.8 Å². The van der Waals surface area contributed by atoms with E-state index in [1.165, 1.54) is 36.1 Å². The van der Waals surface area contributed by atoms with Crippen LogP contribution >= 0.6 is 23.4 Å². The van der Waals surface area contributed by atoms with Crippen molar-refractivity contribution in [3.63, 3.8) is 0 Å². The normalized spacial score (nSPS) is 24.7. The lowest BCUT2D eigenvalue weighted by atomic mass is 9.84. The van der Waals surface area contributed by atoms with Gasteiger partial charge in [0.05, 0.1) is 0 Å². The Labute approximate surface area is 171 Å². The molecule has 2 bridgehead atoms. The molecule has 4 rings (SSSR count). The number of nitrogens with one attached hydrogen (secondary N) is 1. The number of hydrogen-bond donors (Lipinski definition) is 1. The summed E-state index contributed by atoms with van der Waals surface area (Å²) in [6, 6.07) is 16.2. The fraction of sp³-hybridized carbons (Fsp3) is 0.435. The van der Waals surface area contributed by atoms with Gasteiger partial charge in [0.1, 0.15) is 0 Å². The molecule has 2 aliphatic rings. The van der Waals surface area contributed by atoms with Crippen molar-refractivity contribution in [1.29, 1.82) is 0 Å². The molecule has 2 saturated carbocycles. The Kier molecular flexibility index (Phi) is 5.79. The first kappa shape index (κ1) is 18.9. The minimum absolute atomic E-state index is 0.0576. The number of amides is 1. The topological polar surface area (TPSA) is 29.1 Å². The predicted octanol–water partition coefficient (Wildman–Crippen LogP) is 6.19. The number of fused-ring (bicyclic) bond motifs is 2. The number of halogens is 1. The van der Waals surface area contributed by atoms with E-state index in [4.69, 9.17) is 11.6 Å². The lowest BCUT2D eigenvalue weighted by Crippen LogP contribution is -2.40. The molecule has 2 aromatic rings. The second-order valence-corrected chi connectivity index (χ2v) is 9.53. The number of rotatable bonds is 6. The molecular weight excluding hydrogens is 374 g/mol. The van der Waals surface area contributed by atoms with Gasteiger partial charge in [0.15, 0.2) is 0 Å². The summed E-state index contributed by atoms with van der Waals surface area (Å²) in [5.41, 5.74) is 1.97. The van der Waals surface area contributed by atoms with Crippen molar-refractivity contribution in [1.82, 2.24) is 5.32 Å². The maximum absolute atomic E-state index is 12.6. The molecular formula is C23H26ClNOS. The van der Waals surface area contributed by atoms with Crippen molar-refractivity contribution in [3.05, 3.63) is 64.7 Å². The van der Waals surface area contributed by atoms with E-state index in [1.54, 1.807) is 11.8 Å². The van der Waals surface area contributed by atoms with Gasteiger partial charge in [-0.2, -0.15) is 0 Å². The number of carbonyl (C=O) groups is 1. The fourth-order valence-electron chi connectivity index (χ4n) is 4.75. The van der Waals surface area contributed by atoms with E-state index in [1.807, 2.05) is 36.4 Å². The minimum atomic E-state index is 0.0576. The third kappa shape index (κ3) is 4.52. The number of benzene rings is 2. The van der Waals surface area contributed by atoms with Gasteiger partial charge in [-0.25, -0.2) is 0 Å². The molecule has 4 atom stereocenters. The van der Waals surface area contributed by atoms with Gasteiger partial charge in [-0.15, -0.1) is 11.8 Å². The molecule has 0 spiro atoms. The highest BCUT2D eigenvalue weighted by Gasteiger charge is 2.42. The summed E-state index contributed by atoms with van der Waals surface area (Å²) in [6.07, 6.45) is 5.44. The number of carbonyl (C=O) groups excluding carboxylic acids is 1. The number of thioether (sulfide) groups is 1. The Morgan fingerprint density at radius 3 is 2.48 bits per heavy atom. The van der Waals surface area contributed by atoms with Crippen molar-refractivity contribution in [2.45, 2.75) is 49.3 Å². The van der Waals surface area contributed by atoms with Crippen molar-refractivity contribution < 1.29 is 4.79 Å².